The van der Waals surface area contributed by atoms with Crippen molar-refractivity contribution in [2.24, 2.45) is 0 Å². The fraction of sp³-hybridized carbons (Fsp3) is 0.500. The zero-order chi connectivity index (χ0) is 15.1. The zero-order valence-corrected chi connectivity index (χ0v) is 10.5. The summed E-state index contributed by atoms with van der Waals surface area (Å²) in [7, 11) is -5.21. The molecule has 0 saturated carbocycles. The fourth-order valence-corrected chi connectivity index (χ4v) is 2.14. The molecule has 2 heterocycles. The van der Waals surface area contributed by atoms with Crippen molar-refractivity contribution in [2.75, 3.05) is 0 Å². The van der Waals surface area contributed by atoms with Crippen molar-refractivity contribution >= 4 is 7.82 Å². The topological polar surface area (TPSA) is 174 Å². The van der Waals surface area contributed by atoms with E-state index in [1.165, 1.54) is 0 Å². The highest BCUT2D eigenvalue weighted by atomic mass is 31.2. The van der Waals surface area contributed by atoms with E-state index in [2.05, 4.69) is 4.52 Å². The molecule has 1 aromatic heterocycles. The number of rotatable bonds is 3. The first-order valence-corrected chi connectivity index (χ1v) is 6.74. The number of nitrogens with zero attached hydrogens (tertiary/aromatic N) is 1. The molecule has 12 heteroatoms. The maximum Gasteiger partial charge on any atom is 0.330 e. The first-order valence-electron chi connectivity index (χ1n) is 5.24. The molecule has 0 radical (unpaired) electrons. The third kappa shape index (κ3) is 3.04. The van der Waals surface area contributed by atoms with Crippen molar-refractivity contribution in [3.05, 3.63) is 33.1 Å². The highest BCUT2D eigenvalue weighted by Gasteiger charge is 2.46. The molecule has 5 unspecified atom stereocenters. The van der Waals surface area contributed by atoms with Crippen molar-refractivity contribution < 1.29 is 33.8 Å². The minimum atomic E-state index is -5.21. The quantitative estimate of drug-likeness (QED) is 0.414. The Balaban J connectivity index is 2.28. The van der Waals surface area contributed by atoms with E-state index in [1.54, 1.807) is 0 Å². The van der Waals surface area contributed by atoms with E-state index >= 15 is 0 Å². The molecule has 1 fully saturated rings. The molecule has 0 bridgehead atoms. The zero-order valence-electron chi connectivity index (χ0n) is 9.65. The molecule has 0 amide bonds. The monoisotopic (exact) mass is 309 g/mol. The Morgan fingerprint density at radius 1 is 1.40 bits per heavy atom. The first-order chi connectivity index (χ1) is 9.19. The minimum Gasteiger partial charge on any atom is -0.756 e. The Morgan fingerprint density at radius 3 is 2.60 bits per heavy atom. The van der Waals surface area contributed by atoms with Crippen LogP contribution in [0.2, 0.25) is 0 Å². The SMILES string of the molecule is O=c1ccn(C2OC(OP(=O)([O-])O)C(O)C2O)c(=O)[nH]1. The number of phosphoric acid groups is 1. The Kier molecular flexibility index (Phi) is 3.93. The lowest BCUT2D eigenvalue weighted by Gasteiger charge is -2.22. The summed E-state index contributed by atoms with van der Waals surface area (Å²) < 4.78 is 20.2. The van der Waals surface area contributed by atoms with Crippen molar-refractivity contribution in [1.82, 2.24) is 9.55 Å². The average molecular weight is 309 g/mol. The van der Waals surface area contributed by atoms with Crippen molar-refractivity contribution in [3.63, 3.8) is 0 Å². The molecule has 1 aliphatic heterocycles. The number of H-pyrrole nitrogens is 1. The number of hydrogen-bond donors (Lipinski definition) is 4. The Hall–Kier alpha value is -1.33. The van der Waals surface area contributed by atoms with Gasteiger partial charge in [0.05, 0.1) is 0 Å². The molecule has 0 aromatic carbocycles. The molecule has 0 aliphatic carbocycles. The largest absolute Gasteiger partial charge is 0.756 e. The van der Waals surface area contributed by atoms with Crippen molar-refractivity contribution in [1.29, 1.82) is 0 Å². The van der Waals surface area contributed by atoms with Gasteiger partial charge >= 0.3 is 5.69 Å². The fourth-order valence-electron chi connectivity index (χ4n) is 1.70. The summed E-state index contributed by atoms with van der Waals surface area (Å²) in [6.07, 6.45) is -5.93. The van der Waals surface area contributed by atoms with Gasteiger partial charge in [-0.15, -0.1) is 0 Å². The predicted octanol–water partition coefficient (Wildman–Crippen LogP) is -3.41. The Labute approximate surface area is 110 Å². The molecule has 1 saturated heterocycles. The van der Waals surface area contributed by atoms with E-state index in [4.69, 9.17) is 9.63 Å². The maximum atomic E-state index is 11.5. The van der Waals surface area contributed by atoms with Crippen LogP contribution in [0.1, 0.15) is 6.23 Å². The van der Waals surface area contributed by atoms with Gasteiger partial charge in [0.25, 0.3) is 13.4 Å². The lowest BCUT2D eigenvalue weighted by Crippen LogP contribution is -2.37. The summed E-state index contributed by atoms with van der Waals surface area (Å²) in [4.78, 5) is 43.4. The highest BCUT2D eigenvalue weighted by molar-refractivity contribution is 7.44. The third-order valence-electron chi connectivity index (χ3n) is 2.56. The van der Waals surface area contributed by atoms with Crippen LogP contribution in [0.15, 0.2) is 21.9 Å². The van der Waals surface area contributed by atoms with Crippen LogP contribution in [0.5, 0.6) is 0 Å². The molecular weight excluding hydrogens is 299 g/mol. The van der Waals surface area contributed by atoms with Crippen LogP contribution in [0.3, 0.4) is 0 Å². The second kappa shape index (κ2) is 5.22. The molecule has 0 spiro atoms. The van der Waals surface area contributed by atoms with Gasteiger partial charge < -0.3 is 24.7 Å². The van der Waals surface area contributed by atoms with Crippen LogP contribution in [-0.2, 0) is 13.8 Å². The standard InChI is InChI=1S/C8H11N2O9P/c11-3-1-2-10(8(14)9-3)6-4(12)5(13)7(18-6)19-20(15,16)17/h1-2,4-7,12-13H,(H,9,11,14)(H2,15,16,17)/p-1. The average Bonchev–Trinajstić information content (AvgIpc) is 2.56. The van der Waals surface area contributed by atoms with Gasteiger partial charge in [0, 0.05) is 12.3 Å². The summed E-state index contributed by atoms with van der Waals surface area (Å²) in [5.74, 6) is 0. The maximum absolute atomic E-state index is 11.5. The summed E-state index contributed by atoms with van der Waals surface area (Å²) in [5.41, 5.74) is -1.63. The van der Waals surface area contributed by atoms with Gasteiger partial charge in [0.1, 0.15) is 12.2 Å². The van der Waals surface area contributed by atoms with Crippen LogP contribution in [-0.4, -0.2) is 43.2 Å². The second-order valence-electron chi connectivity index (χ2n) is 3.97. The molecule has 1 aliphatic rings. The smallest absolute Gasteiger partial charge is 0.330 e. The summed E-state index contributed by atoms with van der Waals surface area (Å²) >= 11 is 0. The molecule has 5 atom stereocenters. The number of aliphatic hydroxyl groups is 2. The van der Waals surface area contributed by atoms with Gasteiger partial charge in [-0.25, -0.2) is 4.79 Å². The first kappa shape index (κ1) is 15.1. The van der Waals surface area contributed by atoms with E-state index in [0.717, 1.165) is 16.8 Å². The molecule has 2 rings (SSSR count). The van der Waals surface area contributed by atoms with E-state index < -0.39 is 43.8 Å². The number of phosphoric ester groups is 1. The predicted molar refractivity (Wildman–Crippen MR) is 58.2 cm³/mol. The molecule has 4 N–H and O–H groups in total. The lowest BCUT2D eigenvalue weighted by atomic mass is 10.2. The molecule has 11 nitrogen and oxygen atoms in total. The number of aliphatic hydroxyl groups excluding tert-OH is 2. The van der Waals surface area contributed by atoms with E-state index in [-0.39, 0.29) is 0 Å². The van der Waals surface area contributed by atoms with E-state index in [0.29, 0.717) is 0 Å². The van der Waals surface area contributed by atoms with Crippen LogP contribution >= 0.6 is 7.82 Å². The van der Waals surface area contributed by atoms with Gasteiger partial charge in [-0.2, -0.15) is 0 Å². The normalized spacial score (nSPS) is 33.0. The van der Waals surface area contributed by atoms with Crippen LogP contribution in [0, 0.1) is 0 Å². The van der Waals surface area contributed by atoms with E-state index in [9.17, 15) is 29.3 Å². The van der Waals surface area contributed by atoms with Crippen molar-refractivity contribution in [2.45, 2.75) is 24.7 Å². The van der Waals surface area contributed by atoms with E-state index in [1.807, 2.05) is 4.98 Å². The van der Waals surface area contributed by atoms with Crippen LogP contribution in [0.4, 0.5) is 0 Å². The Bertz CT molecular complexity index is 648. The number of hydrogen-bond acceptors (Lipinski definition) is 8. The number of aromatic nitrogens is 2. The van der Waals surface area contributed by atoms with Crippen molar-refractivity contribution in [3.8, 4) is 0 Å². The number of aromatic amines is 1. The van der Waals surface area contributed by atoms with Gasteiger partial charge in [-0.1, -0.05) is 0 Å². The second-order valence-corrected chi connectivity index (χ2v) is 5.12. The molecular formula is C8H10N2O9P-. The summed E-state index contributed by atoms with van der Waals surface area (Å²) in [6, 6.07) is 0.961. The summed E-state index contributed by atoms with van der Waals surface area (Å²) in [5, 5.41) is 19.2. The van der Waals surface area contributed by atoms with Gasteiger partial charge in [0.2, 0.25) is 0 Å². The van der Waals surface area contributed by atoms with Gasteiger partial charge in [0.15, 0.2) is 12.5 Å². The van der Waals surface area contributed by atoms with Gasteiger partial charge in [-0.3, -0.25) is 23.4 Å². The molecule has 112 valence electrons. The molecule has 20 heavy (non-hydrogen) atoms. The van der Waals surface area contributed by atoms with Crippen LogP contribution in [0.25, 0.3) is 0 Å². The van der Waals surface area contributed by atoms with Crippen LogP contribution < -0.4 is 16.1 Å². The minimum absolute atomic E-state index is 0.688. The number of ether oxygens (including phenoxy) is 1. The van der Waals surface area contributed by atoms with Gasteiger partial charge in [-0.05, 0) is 0 Å². The molecule has 1 aromatic rings. The third-order valence-corrected chi connectivity index (χ3v) is 3.03. The highest BCUT2D eigenvalue weighted by Crippen LogP contribution is 2.39. The number of nitrogens with one attached hydrogen (secondary N) is 1. The lowest BCUT2D eigenvalue weighted by molar-refractivity contribution is -0.245. The summed E-state index contributed by atoms with van der Waals surface area (Å²) in [6.45, 7) is 0. The Morgan fingerprint density at radius 2 is 2.05 bits per heavy atom.